The van der Waals surface area contributed by atoms with Gasteiger partial charge in [0.15, 0.2) is 0 Å². The first-order valence-electron chi connectivity index (χ1n) is 7.63. The molecule has 2 aromatic rings. The number of hydrogen-bond donors (Lipinski definition) is 0. The fourth-order valence-electron chi connectivity index (χ4n) is 2.56. The maximum absolute atomic E-state index is 12.8. The Labute approximate surface area is 130 Å². The van der Waals surface area contributed by atoms with E-state index in [1.165, 1.54) is 12.8 Å². The summed E-state index contributed by atoms with van der Waals surface area (Å²) in [6, 6.07) is 18.8. The number of rotatable bonds is 4. The molecule has 1 aliphatic rings. The van der Waals surface area contributed by atoms with Crippen LogP contribution in [-0.2, 0) is 0 Å². The highest BCUT2D eigenvalue weighted by atomic mass is 16.1. The summed E-state index contributed by atoms with van der Waals surface area (Å²) in [7, 11) is 0. The number of carbonyl (C=O) groups is 1. The monoisotopic (exact) mass is 290 g/mol. The van der Waals surface area contributed by atoms with Gasteiger partial charge in [-0.15, -0.1) is 5.10 Å². The van der Waals surface area contributed by atoms with Gasteiger partial charge in [-0.1, -0.05) is 60.7 Å². The number of hydrogen-bond acceptors (Lipinski definition) is 3. The summed E-state index contributed by atoms with van der Waals surface area (Å²) in [5.41, 5.74) is 2.94. The third kappa shape index (κ3) is 3.37. The summed E-state index contributed by atoms with van der Waals surface area (Å²) < 4.78 is 0. The molecule has 22 heavy (non-hydrogen) atoms. The van der Waals surface area contributed by atoms with Gasteiger partial charge in [-0.2, -0.15) is 5.10 Å². The van der Waals surface area contributed by atoms with Crippen LogP contribution in [0.4, 0.5) is 0 Å². The quantitative estimate of drug-likeness (QED) is 0.470. The minimum absolute atomic E-state index is 0.0888. The first-order chi connectivity index (χ1) is 10.8. The van der Waals surface area contributed by atoms with Gasteiger partial charge < -0.3 is 0 Å². The van der Waals surface area contributed by atoms with Crippen LogP contribution in [0.15, 0.2) is 70.9 Å². The van der Waals surface area contributed by atoms with Gasteiger partial charge in [-0.25, -0.2) is 0 Å². The van der Waals surface area contributed by atoms with Gasteiger partial charge in [0.25, 0.3) is 0 Å². The second-order valence-electron chi connectivity index (χ2n) is 5.38. The van der Waals surface area contributed by atoms with Crippen LogP contribution in [-0.4, -0.2) is 17.2 Å². The molecule has 1 saturated carbocycles. The van der Waals surface area contributed by atoms with E-state index in [9.17, 15) is 4.79 Å². The van der Waals surface area contributed by atoms with Gasteiger partial charge in [-0.3, -0.25) is 4.79 Å². The molecule has 3 nitrogen and oxygen atoms in total. The van der Waals surface area contributed by atoms with Gasteiger partial charge in [0.05, 0.1) is 0 Å². The van der Waals surface area contributed by atoms with E-state index in [0.717, 1.165) is 24.1 Å². The summed E-state index contributed by atoms with van der Waals surface area (Å²) in [6.45, 7) is 0. The molecule has 0 amide bonds. The Morgan fingerprint density at radius 1 is 0.773 bits per heavy atom. The molecule has 2 aromatic carbocycles. The molecule has 1 fully saturated rings. The Kier molecular flexibility index (Phi) is 4.54. The van der Waals surface area contributed by atoms with Gasteiger partial charge in [0.2, 0.25) is 5.78 Å². The first-order valence-corrected chi connectivity index (χ1v) is 7.63. The highest BCUT2D eigenvalue weighted by molar-refractivity contribution is 6.51. The topological polar surface area (TPSA) is 41.8 Å². The first kappa shape index (κ1) is 14.4. The summed E-state index contributed by atoms with van der Waals surface area (Å²) in [4.78, 5) is 12.8. The van der Waals surface area contributed by atoms with E-state index in [1.54, 1.807) is 0 Å². The summed E-state index contributed by atoms with van der Waals surface area (Å²) >= 11 is 0. The van der Waals surface area contributed by atoms with E-state index in [1.807, 2.05) is 60.7 Å². The van der Waals surface area contributed by atoms with Gasteiger partial charge in [0.1, 0.15) is 5.71 Å². The van der Waals surface area contributed by atoms with Crippen LogP contribution in [0.3, 0.4) is 0 Å². The molecular formula is C19H18N2O. The molecule has 0 unspecified atom stereocenters. The molecule has 0 heterocycles. The summed E-state index contributed by atoms with van der Waals surface area (Å²) in [6.07, 6.45) is 4.32. The molecule has 0 atom stereocenters. The van der Waals surface area contributed by atoms with Crippen LogP contribution in [0.2, 0.25) is 0 Å². The third-order valence-corrected chi connectivity index (χ3v) is 3.77. The lowest BCUT2D eigenvalue weighted by Crippen LogP contribution is -2.15. The molecule has 3 heteroatoms. The third-order valence-electron chi connectivity index (χ3n) is 3.77. The molecule has 0 aliphatic heterocycles. The summed E-state index contributed by atoms with van der Waals surface area (Å²) in [5.74, 6) is -0.0888. The standard InChI is InChI=1S/C19H18N2O/c22-19(16-11-5-2-6-12-16)18(15-9-3-1-4-10-15)21-20-17-13-7-8-14-17/h1-6,9-12H,7-8,13-14H2/b21-18+. The molecule has 0 radical (unpaired) electrons. The molecule has 110 valence electrons. The van der Waals surface area contributed by atoms with Crippen molar-refractivity contribution in [1.82, 2.24) is 0 Å². The maximum atomic E-state index is 12.8. The van der Waals surface area contributed by atoms with Crippen molar-refractivity contribution in [3.05, 3.63) is 71.8 Å². The minimum Gasteiger partial charge on any atom is -0.287 e. The Morgan fingerprint density at radius 2 is 1.32 bits per heavy atom. The van der Waals surface area contributed by atoms with Crippen molar-refractivity contribution in [2.75, 3.05) is 0 Å². The SMILES string of the molecule is O=C(/C(=N/N=C1CCCC1)c1ccccc1)c1ccccc1. The lowest BCUT2D eigenvalue weighted by molar-refractivity contribution is 0.106. The van der Waals surface area contributed by atoms with Crippen molar-refractivity contribution in [1.29, 1.82) is 0 Å². The second-order valence-corrected chi connectivity index (χ2v) is 5.38. The van der Waals surface area contributed by atoms with Crippen molar-refractivity contribution in [3.63, 3.8) is 0 Å². The zero-order chi connectivity index (χ0) is 15.2. The van der Waals surface area contributed by atoms with E-state index in [-0.39, 0.29) is 5.78 Å². The van der Waals surface area contributed by atoms with Crippen molar-refractivity contribution in [2.45, 2.75) is 25.7 Å². The Balaban J connectivity index is 1.98. The zero-order valence-corrected chi connectivity index (χ0v) is 12.4. The number of Topliss-reactive ketones (excluding diaryl/α,β-unsaturated/α-hetero) is 1. The summed E-state index contributed by atoms with van der Waals surface area (Å²) in [5, 5.41) is 8.64. The van der Waals surface area contributed by atoms with E-state index in [4.69, 9.17) is 0 Å². The van der Waals surface area contributed by atoms with Crippen LogP contribution in [0.25, 0.3) is 0 Å². The van der Waals surface area contributed by atoms with Gasteiger partial charge in [0, 0.05) is 16.8 Å². The van der Waals surface area contributed by atoms with Crippen LogP contribution >= 0.6 is 0 Å². The molecule has 0 spiro atoms. The Morgan fingerprint density at radius 3 is 1.91 bits per heavy atom. The van der Waals surface area contributed by atoms with Crippen LogP contribution in [0, 0.1) is 0 Å². The lowest BCUT2D eigenvalue weighted by Gasteiger charge is -2.05. The van der Waals surface area contributed by atoms with Crippen molar-refractivity contribution >= 4 is 17.2 Å². The van der Waals surface area contributed by atoms with E-state index in [0.29, 0.717) is 11.3 Å². The Hall–Kier alpha value is -2.55. The fraction of sp³-hybridized carbons (Fsp3) is 0.211. The average molecular weight is 290 g/mol. The minimum atomic E-state index is -0.0888. The smallest absolute Gasteiger partial charge is 0.213 e. The highest BCUT2D eigenvalue weighted by Crippen LogP contribution is 2.16. The normalized spacial score (nSPS) is 14.9. The molecule has 3 rings (SSSR count). The number of ketones is 1. The number of benzene rings is 2. The van der Waals surface area contributed by atoms with Gasteiger partial charge >= 0.3 is 0 Å². The molecule has 0 saturated heterocycles. The highest BCUT2D eigenvalue weighted by Gasteiger charge is 2.16. The zero-order valence-electron chi connectivity index (χ0n) is 12.4. The second kappa shape index (κ2) is 6.94. The average Bonchev–Trinajstić information content (AvgIpc) is 3.10. The largest absolute Gasteiger partial charge is 0.287 e. The van der Waals surface area contributed by atoms with Crippen molar-refractivity contribution < 1.29 is 4.79 Å². The Bertz CT molecular complexity index is 695. The van der Waals surface area contributed by atoms with Crippen LogP contribution in [0.1, 0.15) is 41.6 Å². The van der Waals surface area contributed by atoms with Crippen molar-refractivity contribution in [2.24, 2.45) is 10.2 Å². The van der Waals surface area contributed by atoms with E-state index >= 15 is 0 Å². The molecular weight excluding hydrogens is 272 g/mol. The molecule has 0 bridgehead atoms. The number of nitrogens with zero attached hydrogens (tertiary/aromatic N) is 2. The van der Waals surface area contributed by atoms with E-state index < -0.39 is 0 Å². The number of carbonyl (C=O) groups excluding carboxylic acids is 1. The molecule has 0 N–H and O–H groups in total. The molecule has 1 aliphatic carbocycles. The predicted molar refractivity (Wildman–Crippen MR) is 89.7 cm³/mol. The lowest BCUT2D eigenvalue weighted by atomic mass is 10.0. The van der Waals surface area contributed by atoms with Gasteiger partial charge in [-0.05, 0) is 25.7 Å². The predicted octanol–water partition coefficient (Wildman–Crippen LogP) is 4.29. The van der Waals surface area contributed by atoms with Crippen LogP contribution < -0.4 is 0 Å². The van der Waals surface area contributed by atoms with E-state index in [2.05, 4.69) is 10.2 Å². The fourth-order valence-corrected chi connectivity index (χ4v) is 2.56. The maximum Gasteiger partial charge on any atom is 0.213 e. The molecule has 0 aromatic heterocycles. The van der Waals surface area contributed by atoms with Crippen molar-refractivity contribution in [3.8, 4) is 0 Å². The van der Waals surface area contributed by atoms with Crippen LogP contribution in [0.5, 0.6) is 0 Å².